The van der Waals surface area contributed by atoms with Gasteiger partial charge in [-0.15, -0.1) is 0 Å². The lowest BCUT2D eigenvalue weighted by atomic mass is 10.3. The van der Waals surface area contributed by atoms with E-state index in [0.717, 1.165) is 18.8 Å². The molecule has 1 aliphatic heterocycles. The lowest BCUT2D eigenvalue weighted by molar-refractivity contribution is -0.129. The van der Waals surface area contributed by atoms with E-state index in [-0.39, 0.29) is 11.9 Å². The fraction of sp³-hybridized carbons (Fsp3) is 0.818. The lowest BCUT2D eigenvalue weighted by Crippen LogP contribution is -2.31. The van der Waals surface area contributed by atoms with Crippen LogP contribution in [-0.2, 0) is 4.79 Å². The Bertz CT molecular complexity index is 303. The summed E-state index contributed by atoms with van der Waals surface area (Å²) in [6.45, 7) is 7.92. The van der Waals surface area contributed by atoms with Crippen LogP contribution in [0.5, 0.6) is 0 Å². The number of rotatable bonds is 5. The van der Waals surface area contributed by atoms with Crippen LogP contribution >= 0.6 is 0 Å². The van der Waals surface area contributed by atoms with Crippen LogP contribution in [0.1, 0.15) is 27.2 Å². The Hall–Kier alpha value is -0.940. The van der Waals surface area contributed by atoms with Gasteiger partial charge in [-0.2, -0.15) is 5.10 Å². The standard InChI is InChI=1S/C11H20N4O/c1-4-12-9-10(13-5-2)11(9)15-8(16)6-7(3)14-15/h9-13H,4-6H2,1-3H3. The first-order chi connectivity index (χ1) is 7.69. The summed E-state index contributed by atoms with van der Waals surface area (Å²) in [5, 5.41) is 12.8. The average Bonchev–Trinajstić information content (AvgIpc) is 2.77. The third-order valence-corrected chi connectivity index (χ3v) is 3.08. The fourth-order valence-corrected chi connectivity index (χ4v) is 2.37. The number of carbonyl (C=O) groups excluding carboxylic acids is 1. The molecule has 0 aromatic rings. The Morgan fingerprint density at radius 3 is 2.25 bits per heavy atom. The maximum Gasteiger partial charge on any atom is 0.248 e. The Kier molecular flexibility index (Phi) is 3.25. The second kappa shape index (κ2) is 4.51. The van der Waals surface area contributed by atoms with Crippen molar-refractivity contribution >= 4 is 11.6 Å². The molecule has 0 aromatic carbocycles. The molecule has 16 heavy (non-hydrogen) atoms. The third-order valence-electron chi connectivity index (χ3n) is 3.08. The van der Waals surface area contributed by atoms with E-state index in [1.165, 1.54) is 0 Å². The summed E-state index contributed by atoms with van der Waals surface area (Å²) in [5.74, 6) is 0.130. The molecule has 0 radical (unpaired) electrons. The van der Waals surface area contributed by atoms with Crippen LogP contribution in [0.15, 0.2) is 5.10 Å². The van der Waals surface area contributed by atoms with Crippen molar-refractivity contribution in [2.24, 2.45) is 5.10 Å². The first-order valence-electron chi connectivity index (χ1n) is 6.02. The van der Waals surface area contributed by atoms with Crippen LogP contribution in [0.2, 0.25) is 0 Å². The van der Waals surface area contributed by atoms with Crippen molar-refractivity contribution in [3.63, 3.8) is 0 Å². The van der Waals surface area contributed by atoms with Crippen LogP contribution < -0.4 is 10.6 Å². The number of nitrogens with one attached hydrogen (secondary N) is 2. The number of nitrogens with zero attached hydrogens (tertiary/aromatic N) is 2. The zero-order chi connectivity index (χ0) is 11.7. The summed E-state index contributed by atoms with van der Waals surface area (Å²) < 4.78 is 0. The van der Waals surface area contributed by atoms with Crippen molar-refractivity contribution in [1.29, 1.82) is 0 Å². The smallest absolute Gasteiger partial charge is 0.248 e. The van der Waals surface area contributed by atoms with E-state index in [9.17, 15) is 4.79 Å². The average molecular weight is 224 g/mol. The molecular weight excluding hydrogens is 204 g/mol. The lowest BCUT2D eigenvalue weighted by Gasteiger charge is -2.11. The molecule has 2 atom stereocenters. The van der Waals surface area contributed by atoms with E-state index in [1.807, 2.05) is 6.92 Å². The summed E-state index contributed by atoms with van der Waals surface area (Å²) in [4.78, 5) is 11.7. The van der Waals surface area contributed by atoms with Crippen molar-refractivity contribution in [1.82, 2.24) is 15.6 Å². The second-order valence-corrected chi connectivity index (χ2v) is 4.41. The van der Waals surface area contributed by atoms with Gasteiger partial charge in [-0.05, 0) is 20.0 Å². The highest BCUT2D eigenvalue weighted by atomic mass is 16.2. The summed E-state index contributed by atoms with van der Waals surface area (Å²) in [5.41, 5.74) is 0.919. The number of carbonyl (C=O) groups is 1. The Labute approximate surface area is 96.3 Å². The van der Waals surface area contributed by atoms with Gasteiger partial charge in [-0.3, -0.25) is 4.79 Å². The highest BCUT2D eigenvalue weighted by molar-refractivity contribution is 6.04. The Morgan fingerprint density at radius 2 is 1.88 bits per heavy atom. The predicted molar refractivity (Wildman–Crippen MR) is 63.3 cm³/mol. The fourth-order valence-electron chi connectivity index (χ4n) is 2.37. The highest BCUT2D eigenvalue weighted by Crippen LogP contribution is 2.31. The topological polar surface area (TPSA) is 56.7 Å². The zero-order valence-corrected chi connectivity index (χ0v) is 10.2. The molecule has 2 rings (SSSR count). The second-order valence-electron chi connectivity index (χ2n) is 4.41. The number of likely N-dealkylation sites (N-methyl/N-ethyl adjacent to an activating group) is 2. The first kappa shape index (κ1) is 11.5. The molecule has 1 heterocycles. The van der Waals surface area contributed by atoms with Gasteiger partial charge in [-0.25, -0.2) is 5.01 Å². The quantitative estimate of drug-likeness (QED) is 0.687. The van der Waals surface area contributed by atoms with Gasteiger partial charge >= 0.3 is 0 Å². The van der Waals surface area contributed by atoms with Crippen LogP contribution in [-0.4, -0.2) is 47.8 Å². The molecular formula is C11H20N4O. The molecule has 1 fully saturated rings. The highest BCUT2D eigenvalue weighted by Gasteiger charge is 2.55. The number of hydrazone groups is 1. The minimum absolute atomic E-state index is 0.130. The normalized spacial score (nSPS) is 33.2. The number of hydrogen-bond acceptors (Lipinski definition) is 4. The van der Waals surface area contributed by atoms with Gasteiger partial charge in [0.2, 0.25) is 5.91 Å². The van der Waals surface area contributed by atoms with Gasteiger partial charge in [0.1, 0.15) is 0 Å². The molecule has 5 nitrogen and oxygen atoms in total. The molecule has 2 N–H and O–H groups in total. The van der Waals surface area contributed by atoms with Crippen molar-refractivity contribution in [2.45, 2.75) is 45.3 Å². The van der Waals surface area contributed by atoms with Crippen molar-refractivity contribution in [3.8, 4) is 0 Å². The van der Waals surface area contributed by atoms with Crippen molar-refractivity contribution < 1.29 is 4.79 Å². The van der Waals surface area contributed by atoms with E-state index >= 15 is 0 Å². The van der Waals surface area contributed by atoms with Gasteiger partial charge in [0.15, 0.2) is 0 Å². The van der Waals surface area contributed by atoms with Gasteiger partial charge < -0.3 is 10.6 Å². The molecule has 90 valence electrons. The summed E-state index contributed by atoms with van der Waals surface area (Å²) in [7, 11) is 0. The van der Waals surface area contributed by atoms with Gasteiger partial charge in [0, 0.05) is 17.8 Å². The first-order valence-corrected chi connectivity index (χ1v) is 6.02. The molecule has 5 heteroatoms. The Morgan fingerprint density at radius 1 is 1.31 bits per heavy atom. The summed E-state index contributed by atoms with van der Waals surface area (Å²) >= 11 is 0. The molecule has 0 spiro atoms. The minimum atomic E-state index is 0.130. The Balaban J connectivity index is 2.01. The minimum Gasteiger partial charge on any atom is -0.311 e. The van der Waals surface area contributed by atoms with E-state index in [4.69, 9.17) is 0 Å². The number of hydrogen-bond donors (Lipinski definition) is 2. The summed E-state index contributed by atoms with van der Waals surface area (Å²) in [6, 6.07) is 0.900. The van der Waals surface area contributed by atoms with Crippen molar-refractivity contribution in [3.05, 3.63) is 0 Å². The largest absolute Gasteiger partial charge is 0.311 e. The third kappa shape index (κ3) is 1.97. The van der Waals surface area contributed by atoms with Crippen LogP contribution in [0, 0.1) is 0 Å². The molecule has 0 saturated heterocycles. The van der Waals surface area contributed by atoms with Gasteiger partial charge in [-0.1, -0.05) is 13.8 Å². The van der Waals surface area contributed by atoms with Gasteiger partial charge in [0.25, 0.3) is 0 Å². The number of amides is 1. The molecule has 0 aromatic heterocycles. The maximum absolute atomic E-state index is 11.7. The van der Waals surface area contributed by atoms with Crippen LogP contribution in [0.4, 0.5) is 0 Å². The molecule has 1 saturated carbocycles. The predicted octanol–water partition coefficient (Wildman–Crippen LogP) is -0.0670. The molecule has 1 amide bonds. The molecule has 2 unspecified atom stereocenters. The van der Waals surface area contributed by atoms with E-state index in [0.29, 0.717) is 18.5 Å². The van der Waals surface area contributed by atoms with E-state index < -0.39 is 0 Å². The van der Waals surface area contributed by atoms with Crippen LogP contribution in [0.3, 0.4) is 0 Å². The summed E-state index contributed by atoms with van der Waals surface area (Å²) in [6.07, 6.45) is 0.480. The maximum atomic E-state index is 11.7. The SMILES string of the molecule is CCNC1C(NCC)C1N1N=C(C)CC1=O. The molecule has 2 aliphatic rings. The van der Waals surface area contributed by atoms with Crippen molar-refractivity contribution in [2.75, 3.05) is 13.1 Å². The monoisotopic (exact) mass is 224 g/mol. The van der Waals surface area contributed by atoms with Gasteiger partial charge in [0.05, 0.1) is 12.5 Å². The van der Waals surface area contributed by atoms with E-state index in [2.05, 4.69) is 29.6 Å². The van der Waals surface area contributed by atoms with Crippen LogP contribution in [0.25, 0.3) is 0 Å². The molecule has 1 aliphatic carbocycles. The van der Waals surface area contributed by atoms with E-state index in [1.54, 1.807) is 5.01 Å². The zero-order valence-electron chi connectivity index (χ0n) is 10.2. The molecule has 0 bridgehead atoms.